The van der Waals surface area contributed by atoms with E-state index < -0.39 is 0 Å². The summed E-state index contributed by atoms with van der Waals surface area (Å²) >= 11 is 1.86. The topological polar surface area (TPSA) is 58.6 Å². The van der Waals surface area contributed by atoms with Crippen LogP contribution in [-0.2, 0) is 12.8 Å². The van der Waals surface area contributed by atoms with Gasteiger partial charge in [0, 0.05) is 42.5 Å². The lowest BCUT2D eigenvalue weighted by Crippen LogP contribution is -2.49. The first-order chi connectivity index (χ1) is 15.5. The van der Waals surface area contributed by atoms with Crippen LogP contribution in [0.1, 0.15) is 59.2 Å². The number of aryl methyl sites for hydroxylation is 2. The highest BCUT2D eigenvalue weighted by molar-refractivity contribution is 7.19. The molecule has 0 saturated carbocycles. The summed E-state index contributed by atoms with van der Waals surface area (Å²) in [6.07, 6.45) is 4.80. The molecule has 1 fully saturated rings. The number of benzene rings is 1. The van der Waals surface area contributed by atoms with Gasteiger partial charge in [-0.2, -0.15) is 0 Å². The number of thiophene rings is 1. The Hall–Kier alpha value is -2.67. The van der Waals surface area contributed by atoms with E-state index in [1.807, 2.05) is 40.5 Å². The molecular formula is C25H30N4O2S. The highest BCUT2D eigenvalue weighted by atomic mass is 32.1. The minimum Gasteiger partial charge on any atom is -0.497 e. The van der Waals surface area contributed by atoms with E-state index in [-0.39, 0.29) is 11.8 Å². The summed E-state index contributed by atoms with van der Waals surface area (Å²) in [5, 5.41) is 1.27. The summed E-state index contributed by atoms with van der Waals surface area (Å²) in [5.41, 5.74) is 2.15. The maximum absolute atomic E-state index is 13.0. The summed E-state index contributed by atoms with van der Waals surface area (Å²) in [6.45, 7) is 7.25. The molecule has 0 N–H and O–H groups in total. The number of ether oxygens (including phenoxy) is 1. The predicted octanol–water partition coefficient (Wildman–Crippen LogP) is 4.66. The average Bonchev–Trinajstić information content (AvgIpc) is 3.21. The minimum absolute atomic E-state index is 0.0622. The molecule has 2 aromatic heterocycles. The van der Waals surface area contributed by atoms with Gasteiger partial charge in [-0.25, -0.2) is 9.97 Å². The highest BCUT2D eigenvalue weighted by Gasteiger charge is 2.28. The number of methoxy groups -OCH3 is 1. The molecule has 168 valence electrons. The van der Waals surface area contributed by atoms with Crippen molar-refractivity contribution >= 4 is 33.3 Å². The Morgan fingerprint density at radius 1 is 1.09 bits per heavy atom. The van der Waals surface area contributed by atoms with Crippen molar-refractivity contribution in [2.75, 3.05) is 38.2 Å². The molecule has 3 aromatic rings. The lowest BCUT2D eigenvalue weighted by molar-refractivity contribution is 0.0746. The van der Waals surface area contributed by atoms with Crippen molar-refractivity contribution < 1.29 is 9.53 Å². The maximum atomic E-state index is 13.0. The lowest BCUT2D eigenvalue weighted by atomic mass is 9.96. The second-order valence-corrected chi connectivity index (χ2v) is 10.0. The minimum atomic E-state index is 0.0622. The molecule has 6 nitrogen and oxygen atoms in total. The summed E-state index contributed by atoms with van der Waals surface area (Å²) in [6, 6.07) is 7.41. The number of hydrogen-bond acceptors (Lipinski definition) is 6. The first-order valence-electron chi connectivity index (χ1n) is 11.6. The number of amides is 1. The SMILES string of the molecule is COc1cccc(C(=O)N2CCN(c3nc(C(C)C)nc4sc5c(c34)CCCC5)CC2)c1. The van der Waals surface area contributed by atoms with Gasteiger partial charge in [0.25, 0.3) is 5.91 Å². The van der Waals surface area contributed by atoms with Gasteiger partial charge in [-0.15, -0.1) is 11.3 Å². The molecule has 1 saturated heterocycles. The van der Waals surface area contributed by atoms with Crippen LogP contribution in [0.25, 0.3) is 10.2 Å². The molecular weight excluding hydrogens is 420 g/mol. The number of nitrogens with zero attached hydrogens (tertiary/aromatic N) is 4. The molecule has 32 heavy (non-hydrogen) atoms. The van der Waals surface area contributed by atoms with Gasteiger partial charge in [0.05, 0.1) is 12.5 Å². The summed E-state index contributed by atoms with van der Waals surface area (Å²) in [7, 11) is 1.62. The number of piperazine rings is 1. The van der Waals surface area contributed by atoms with Crippen LogP contribution in [0.2, 0.25) is 0 Å². The number of carbonyl (C=O) groups is 1. The molecule has 2 aliphatic rings. The molecule has 0 bridgehead atoms. The summed E-state index contributed by atoms with van der Waals surface area (Å²) in [5.74, 6) is 3.05. The molecule has 1 aliphatic carbocycles. The second kappa shape index (κ2) is 8.70. The molecule has 5 rings (SSSR count). The fourth-order valence-electron chi connectivity index (χ4n) is 4.70. The van der Waals surface area contributed by atoms with Crippen LogP contribution in [0.15, 0.2) is 24.3 Å². The molecule has 0 atom stereocenters. The van der Waals surface area contributed by atoms with Crippen molar-refractivity contribution in [3.8, 4) is 5.75 Å². The number of fused-ring (bicyclic) bond motifs is 3. The van der Waals surface area contributed by atoms with Crippen LogP contribution in [0.5, 0.6) is 5.75 Å². The van der Waals surface area contributed by atoms with Crippen molar-refractivity contribution in [3.63, 3.8) is 0 Å². The molecule has 7 heteroatoms. The Kier molecular flexibility index (Phi) is 5.76. The predicted molar refractivity (Wildman–Crippen MR) is 129 cm³/mol. The standard InChI is InChI=1S/C25H30N4O2S/c1-16(2)22-26-23(21-19-9-4-5-10-20(19)32-24(21)27-22)28-11-13-29(14-12-28)25(30)17-7-6-8-18(15-17)31-3/h6-8,15-16H,4-5,9-14H2,1-3H3. The average molecular weight is 451 g/mol. The third-order valence-corrected chi connectivity index (χ3v) is 7.70. The van der Waals surface area contributed by atoms with Gasteiger partial charge in [0.1, 0.15) is 22.2 Å². The molecule has 0 unspecified atom stereocenters. The quantitative estimate of drug-likeness (QED) is 0.578. The fraction of sp³-hybridized carbons (Fsp3) is 0.480. The van der Waals surface area contributed by atoms with E-state index >= 15 is 0 Å². The Labute approximate surface area is 193 Å². The zero-order valence-electron chi connectivity index (χ0n) is 19.1. The number of hydrogen-bond donors (Lipinski definition) is 0. The van der Waals surface area contributed by atoms with E-state index in [0.29, 0.717) is 24.4 Å². The van der Waals surface area contributed by atoms with E-state index in [2.05, 4.69) is 18.7 Å². The highest BCUT2D eigenvalue weighted by Crippen LogP contribution is 2.40. The molecule has 1 aromatic carbocycles. The van der Waals surface area contributed by atoms with Crippen molar-refractivity contribution in [1.29, 1.82) is 0 Å². The molecule has 1 amide bonds. The molecule has 1 aliphatic heterocycles. The van der Waals surface area contributed by atoms with Crippen LogP contribution >= 0.6 is 11.3 Å². The fourth-order valence-corrected chi connectivity index (χ4v) is 5.96. The van der Waals surface area contributed by atoms with Gasteiger partial charge in [-0.3, -0.25) is 4.79 Å². The van der Waals surface area contributed by atoms with Crippen LogP contribution in [-0.4, -0.2) is 54.1 Å². The van der Waals surface area contributed by atoms with E-state index in [4.69, 9.17) is 14.7 Å². The van der Waals surface area contributed by atoms with E-state index in [0.717, 1.165) is 42.4 Å². The Bertz CT molecular complexity index is 1150. The van der Waals surface area contributed by atoms with Crippen LogP contribution < -0.4 is 9.64 Å². The first-order valence-corrected chi connectivity index (χ1v) is 12.4. The number of rotatable bonds is 4. The van der Waals surface area contributed by atoms with E-state index in [1.54, 1.807) is 7.11 Å². The first kappa shape index (κ1) is 21.2. The zero-order chi connectivity index (χ0) is 22.2. The number of anilines is 1. The Morgan fingerprint density at radius 2 is 1.88 bits per heavy atom. The second-order valence-electron chi connectivity index (χ2n) is 8.96. The van der Waals surface area contributed by atoms with Gasteiger partial charge in [-0.05, 0) is 49.4 Å². The van der Waals surface area contributed by atoms with E-state index in [9.17, 15) is 4.79 Å². The van der Waals surface area contributed by atoms with E-state index in [1.165, 1.54) is 28.7 Å². The summed E-state index contributed by atoms with van der Waals surface area (Å²) < 4.78 is 5.28. The van der Waals surface area contributed by atoms with Crippen molar-refractivity contribution in [2.24, 2.45) is 0 Å². The smallest absolute Gasteiger partial charge is 0.254 e. The van der Waals surface area contributed by atoms with Gasteiger partial charge in [-0.1, -0.05) is 19.9 Å². The Balaban J connectivity index is 1.42. The lowest BCUT2D eigenvalue weighted by Gasteiger charge is -2.36. The van der Waals surface area contributed by atoms with Gasteiger partial charge < -0.3 is 14.5 Å². The Morgan fingerprint density at radius 3 is 2.62 bits per heavy atom. The van der Waals surface area contributed by atoms with Crippen molar-refractivity contribution in [1.82, 2.24) is 14.9 Å². The van der Waals surface area contributed by atoms with Crippen LogP contribution in [0, 0.1) is 0 Å². The maximum Gasteiger partial charge on any atom is 0.254 e. The normalized spacial score (nSPS) is 16.5. The molecule has 0 radical (unpaired) electrons. The number of carbonyl (C=O) groups excluding carboxylic acids is 1. The van der Waals surface area contributed by atoms with Crippen molar-refractivity contribution in [2.45, 2.75) is 45.4 Å². The van der Waals surface area contributed by atoms with Crippen LogP contribution in [0.4, 0.5) is 5.82 Å². The largest absolute Gasteiger partial charge is 0.497 e. The van der Waals surface area contributed by atoms with Crippen molar-refractivity contribution in [3.05, 3.63) is 46.1 Å². The monoisotopic (exact) mass is 450 g/mol. The third-order valence-electron chi connectivity index (χ3n) is 6.51. The number of aromatic nitrogens is 2. The molecule has 0 spiro atoms. The third kappa shape index (κ3) is 3.83. The van der Waals surface area contributed by atoms with Gasteiger partial charge >= 0.3 is 0 Å². The van der Waals surface area contributed by atoms with Gasteiger partial charge in [0.2, 0.25) is 0 Å². The molecule has 3 heterocycles. The van der Waals surface area contributed by atoms with Crippen LogP contribution in [0.3, 0.4) is 0 Å². The van der Waals surface area contributed by atoms with Gasteiger partial charge in [0.15, 0.2) is 0 Å². The zero-order valence-corrected chi connectivity index (χ0v) is 19.9. The summed E-state index contributed by atoms with van der Waals surface area (Å²) in [4.78, 5) is 30.0.